The summed E-state index contributed by atoms with van der Waals surface area (Å²) in [5.41, 5.74) is 12.4. The van der Waals surface area contributed by atoms with Crippen molar-refractivity contribution in [1.29, 1.82) is 0 Å². The summed E-state index contributed by atoms with van der Waals surface area (Å²) in [5.74, 6) is 0. The standard InChI is InChI=1S/C54H33NOS2/c1-3-12-34(13-4-1)35-24-28-38(29-25-35)55(46-21-10-20-44-43-19-9-18-41(52(43)58-53(44)46)36-14-5-2-6-15-36)39-30-26-37(27-31-39)40-17-11-22-47-50(40)51-48(56-47)33-32-45-42-16-7-8-23-49(42)57-54(45)51/h1-33H. The number of thiophene rings is 2. The number of hydrogen-bond donors (Lipinski definition) is 0. The second-order valence-electron chi connectivity index (χ2n) is 14.8. The quantitative estimate of drug-likeness (QED) is 0.167. The first-order valence-electron chi connectivity index (χ1n) is 19.6. The van der Waals surface area contributed by atoms with E-state index in [2.05, 4.69) is 205 Å². The molecule has 0 bridgehead atoms. The molecule has 0 aliphatic rings. The molecule has 12 rings (SSSR count). The summed E-state index contributed by atoms with van der Waals surface area (Å²) in [7, 11) is 0. The van der Waals surface area contributed by atoms with E-state index >= 15 is 0 Å². The smallest absolute Gasteiger partial charge is 0.136 e. The molecule has 0 N–H and O–H groups in total. The van der Waals surface area contributed by atoms with Crippen molar-refractivity contribution in [2.75, 3.05) is 4.90 Å². The molecule has 0 fully saturated rings. The topological polar surface area (TPSA) is 16.4 Å². The Morgan fingerprint density at radius 1 is 0.328 bits per heavy atom. The van der Waals surface area contributed by atoms with Crippen LogP contribution in [0.1, 0.15) is 0 Å². The zero-order chi connectivity index (χ0) is 38.2. The molecule has 3 heterocycles. The first-order chi connectivity index (χ1) is 28.8. The zero-order valence-corrected chi connectivity index (χ0v) is 32.9. The summed E-state index contributed by atoms with van der Waals surface area (Å²) in [6.45, 7) is 0. The predicted octanol–water partition coefficient (Wildman–Crippen LogP) is 16.8. The third kappa shape index (κ3) is 5.23. The highest BCUT2D eigenvalue weighted by molar-refractivity contribution is 7.27. The number of anilines is 3. The number of furan rings is 1. The largest absolute Gasteiger partial charge is 0.456 e. The van der Waals surface area contributed by atoms with Crippen molar-refractivity contribution in [2.45, 2.75) is 0 Å². The van der Waals surface area contributed by atoms with E-state index in [1.165, 1.54) is 78.9 Å². The molecule has 58 heavy (non-hydrogen) atoms. The van der Waals surface area contributed by atoms with Gasteiger partial charge in [-0.1, -0.05) is 146 Å². The van der Waals surface area contributed by atoms with Gasteiger partial charge in [0.05, 0.1) is 10.4 Å². The van der Waals surface area contributed by atoms with Crippen molar-refractivity contribution in [3.63, 3.8) is 0 Å². The lowest BCUT2D eigenvalue weighted by atomic mass is 9.98. The molecule has 2 nitrogen and oxygen atoms in total. The molecular weight excluding hydrogens is 743 g/mol. The molecule has 0 saturated heterocycles. The second kappa shape index (κ2) is 13.3. The van der Waals surface area contributed by atoms with Gasteiger partial charge in [-0.2, -0.15) is 0 Å². The number of rotatable bonds is 6. The Morgan fingerprint density at radius 2 is 0.879 bits per heavy atom. The summed E-state index contributed by atoms with van der Waals surface area (Å²) in [6, 6.07) is 72.4. The van der Waals surface area contributed by atoms with Crippen molar-refractivity contribution >= 4 is 102 Å². The minimum Gasteiger partial charge on any atom is -0.456 e. The third-order valence-electron chi connectivity index (χ3n) is 11.5. The van der Waals surface area contributed by atoms with Gasteiger partial charge in [0, 0.05) is 57.8 Å². The maximum atomic E-state index is 6.54. The molecule has 0 radical (unpaired) electrons. The van der Waals surface area contributed by atoms with Gasteiger partial charge in [0.2, 0.25) is 0 Å². The monoisotopic (exact) mass is 775 g/mol. The van der Waals surface area contributed by atoms with Crippen LogP contribution in [-0.2, 0) is 0 Å². The molecule has 12 aromatic rings. The molecule has 0 aliphatic heterocycles. The van der Waals surface area contributed by atoms with Crippen LogP contribution in [0.5, 0.6) is 0 Å². The van der Waals surface area contributed by atoms with E-state index in [1.54, 1.807) is 0 Å². The van der Waals surface area contributed by atoms with E-state index in [0.717, 1.165) is 33.8 Å². The van der Waals surface area contributed by atoms with Crippen molar-refractivity contribution in [2.24, 2.45) is 0 Å². The van der Waals surface area contributed by atoms with Gasteiger partial charge < -0.3 is 9.32 Å². The lowest BCUT2D eigenvalue weighted by Gasteiger charge is -2.26. The van der Waals surface area contributed by atoms with Gasteiger partial charge in [0.25, 0.3) is 0 Å². The van der Waals surface area contributed by atoms with E-state index < -0.39 is 0 Å². The van der Waals surface area contributed by atoms with Crippen LogP contribution in [0.2, 0.25) is 0 Å². The van der Waals surface area contributed by atoms with Crippen LogP contribution in [0.4, 0.5) is 17.1 Å². The van der Waals surface area contributed by atoms with Crippen molar-refractivity contribution in [3.8, 4) is 33.4 Å². The fraction of sp³-hybridized carbons (Fsp3) is 0. The highest BCUT2D eigenvalue weighted by atomic mass is 32.1. The van der Waals surface area contributed by atoms with Crippen LogP contribution in [0, 0.1) is 0 Å². The zero-order valence-electron chi connectivity index (χ0n) is 31.2. The minimum atomic E-state index is 0.910. The van der Waals surface area contributed by atoms with Crippen molar-refractivity contribution < 1.29 is 4.42 Å². The number of fused-ring (bicyclic) bond motifs is 10. The molecule has 3 aromatic heterocycles. The molecule has 9 aromatic carbocycles. The van der Waals surface area contributed by atoms with Gasteiger partial charge in [0.15, 0.2) is 0 Å². The molecular formula is C54H33NOS2. The van der Waals surface area contributed by atoms with Crippen LogP contribution in [0.3, 0.4) is 0 Å². The number of hydrogen-bond acceptors (Lipinski definition) is 4. The van der Waals surface area contributed by atoms with E-state index in [-0.39, 0.29) is 0 Å². The molecule has 0 unspecified atom stereocenters. The van der Waals surface area contributed by atoms with Crippen LogP contribution in [0.15, 0.2) is 205 Å². The van der Waals surface area contributed by atoms with Crippen LogP contribution >= 0.6 is 22.7 Å². The van der Waals surface area contributed by atoms with E-state index in [1.807, 2.05) is 22.7 Å². The summed E-state index contributed by atoms with van der Waals surface area (Å²) in [6.07, 6.45) is 0. The lowest BCUT2D eigenvalue weighted by Crippen LogP contribution is -2.10. The lowest BCUT2D eigenvalue weighted by molar-refractivity contribution is 0.669. The average molecular weight is 776 g/mol. The van der Waals surface area contributed by atoms with Gasteiger partial charge in [-0.25, -0.2) is 0 Å². The van der Waals surface area contributed by atoms with Crippen LogP contribution < -0.4 is 4.90 Å². The average Bonchev–Trinajstić information content (AvgIpc) is 3.99. The minimum absolute atomic E-state index is 0.910. The first-order valence-corrected chi connectivity index (χ1v) is 21.2. The van der Waals surface area contributed by atoms with E-state index in [4.69, 9.17) is 4.42 Å². The predicted molar refractivity (Wildman–Crippen MR) is 250 cm³/mol. The fourth-order valence-corrected chi connectivity index (χ4v) is 11.4. The summed E-state index contributed by atoms with van der Waals surface area (Å²) >= 11 is 3.73. The van der Waals surface area contributed by atoms with Gasteiger partial charge in [-0.15, -0.1) is 22.7 Å². The van der Waals surface area contributed by atoms with E-state index in [0.29, 0.717) is 0 Å². The SMILES string of the molecule is c1ccc(-c2ccc(N(c3ccc(-c4cccc5oc6ccc7c8ccccc8sc7c6c45)cc3)c3cccc4c3sc3c(-c5ccccc5)cccc34)cc2)cc1. The Kier molecular flexibility index (Phi) is 7.62. The molecule has 0 atom stereocenters. The summed E-state index contributed by atoms with van der Waals surface area (Å²) < 4.78 is 11.7. The number of nitrogens with zero attached hydrogens (tertiary/aromatic N) is 1. The molecule has 0 saturated carbocycles. The van der Waals surface area contributed by atoms with Gasteiger partial charge in [0.1, 0.15) is 11.2 Å². The van der Waals surface area contributed by atoms with Crippen molar-refractivity contribution in [3.05, 3.63) is 200 Å². The molecule has 0 spiro atoms. The summed E-state index contributed by atoms with van der Waals surface area (Å²) in [5, 5.41) is 7.48. The maximum Gasteiger partial charge on any atom is 0.136 e. The Labute approximate surface area is 343 Å². The Morgan fingerprint density at radius 3 is 1.66 bits per heavy atom. The van der Waals surface area contributed by atoms with Crippen LogP contribution in [-0.4, -0.2) is 0 Å². The van der Waals surface area contributed by atoms with Gasteiger partial charge >= 0.3 is 0 Å². The first kappa shape index (κ1) is 33.2. The summed E-state index contributed by atoms with van der Waals surface area (Å²) in [4.78, 5) is 2.42. The number of benzene rings is 9. The second-order valence-corrected chi connectivity index (χ2v) is 16.9. The normalized spacial score (nSPS) is 11.8. The molecule has 272 valence electrons. The van der Waals surface area contributed by atoms with Crippen LogP contribution in [0.25, 0.3) is 95.7 Å². The van der Waals surface area contributed by atoms with Gasteiger partial charge in [-0.05, 0) is 88.0 Å². The Bertz CT molecular complexity index is 3490. The van der Waals surface area contributed by atoms with Gasteiger partial charge in [-0.3, -0.25) is 0 Å². The third-order valence-corrected chi connectivity index (χ3v) is 14.0. The Balaban J connectivity index is 1.03. The molecule has 0 aliphatic carbocycles. The molecule has 4 heteroatoms. The Hall–Kier alpha value is -6.98. The highest BCUT2D eigenvalue weighted by Gasteiger charge is 2.21. The van der Waals surface area contributed by atoms with Crippen molar-refractivity contribution in [1.82, 2.24) is 0 Å². The molecule has 0 amide bonds. The maximum absolute atomic E-state index is 6.54. The fourth-order valence-electron chi connectivity index (χ4n) is 8.80. The van der Waals surface area contributed by atoms with E-state index in [9.17, 15) is 0 Å². The highest BCUT2D eigenvalue weighted by Crippen LogP contribution is 2.49.